The van der Waals surface area contributed by atoms with Crippen LogP contribution >= 0.6 is 7.82 Å². The summed E-state index contributed by atoms with van der Waals surface area (Å²) in [5.41, 5.74) is 0.760. The van der Waals surface area contributed by atoms with E-state index in [2.05, 4.69) is 11.4 Å². The molecule has 0 aliphatic carbocycles. The molecule has 0 heterocycles. The largest absolute Gasteiger partial charge is 0.472 e. The van der Waals surface area contributed by atoms with Crippen molar-refractivity contribution in [3.05, 3.63) is 35.1 Å². The first-order valence-corrected chi connectivity index (χ1v) is 15.7. The predicted molar refractivity (Wildman–Crippen MR) is 147 cm³/mol. The van der Waals surface area contributed by atoms with Gasteiger partial charge in [0.15, 0.2) is 0 Å². The second-order valence-electron chi connectivity index (χ2n) is 9.93. The summed E-state index contributed by atoms with van der Waals surface area (Å²) in [4.78, 5) is 9.54. The summed E-state index contributed by atoms with van der Waals surface area (Å²) in [6.07, 6.45) is 20.8. The van der Waals surface area contributed by atoms with Crippen molar-refractivity contribution in [2.75, 3.05) is 13.7 Å². The fourth-order valence-corrected chi connectivity index (χ4v) is 4.84. The molecule has 1 N–H and O–H groups in total. The van der Waals surface area contributed by atoms with Crippen LogP contribution in [-0.4, -0.2) is 24.7 Å². The molecule has 0 amide bonds. The lowest BCUT2D eigenvalue weighted by atomic mass is 10.0. The van der Waals surface area contributed by atoms with Crippen LogP contribution in [0.25, 0.3) is 0 Å². The number of nitrogens with zero attached hydrogens (tertiary/aromatic N) is 1. The van der Waals surface area contributed by atoms with E-state index in [1.54, 1.807) is 6.07 Å². The number of benzene rings is 1. The molecule has 0 fully saturated rings. The third kappa shape index (κ3) is 18.6. The summed E-state index contributed by atoms with van der Waals surface area (Å²) in [6, 6.07) is 5.99. The monoisotopic (exact) mass is 541 g/mol. The molecule has 1 unspecified atom stereocenters. The highest BCUT2D eigenvalue weighted by atomic mass is 31.2. The number of ether oxygens (including phenoxy) is 1. The molecule has 212 valence electrons. The molecule has 0 spiro atoms. The number of rotatable bonds is 24. The smallest absolute Gasteiger partial charge is 0.371 e. The van der Waals surface area contributed by atoms with Gasteiger partial charge in [-0.3, -0.25) is 9.05 Å². The average Bonchev–Trinajstić information content (AvgIpc) is 2.89. The van der Waals surface area contributed by atoms with Crippen molar-refractivity contribution in [2.24, 2.45) is 0 Å². The standard InChI is InChI=1S/C29H49FNO5P/c1-3-4-5-6-7-8-9-10-11-12-13-14-15-16-17-18-19-29(25-36-37(32,33)34-2)35-24-27-20-26(23-31)21-28(30)22-27/h20-22,29H,3-19,24-25H2,1-2H3,(H,32,33)/t29-/m0/s1. The Labute approximate surface area is 224 Å². The number of halogens is 1. The van der Waals surface area contributed by atoms with Crippen molar-refractivity contribution in [1.82, 2.24) is 0 Å². The third-order valence-electron chi connectivity index (χ3n) is 6.61. The molecule has 0 saturated heterocycles. The normalized spacial score (nSPS) is 13.8. The summed E-state index contributed by atoms with van der Waals surface area (Å²) in [6.45, 7) is 2.25. The van der Waals surface area contributed by atoms with Gasteiger partial charge in [-0.1, -0.05) is 110 Å². The van der Waals surface area contributed by atoms with Crippen molar-refractivity contribution < 1.29 is 27.6 Å². The molecule has 0 bridgehead atoms. The van der Waals surface area contributed by atoms with Gasteiger partial charge < -0.3 is 9.63 Å². The number of hydrogen-bond donors (Lipinski definition) is 1. The van der Waals surface area contributed by atoms with E-state index in [4.69, 9.17) is 14.5 Å². The molecule has 0 radical (unpaired) electrons. The summed E-state index contributed by atoms with van der Waals surface area (Å²) in [5.74, 6) is -0.498. The Kier molecular flexibility index (Phi) is 19.7. The Morgan fingerprint density at radius 3 is 1.89 bits per heavy atom. The fourth-order valence-electron chi connectivity index (χ4n) is 4.38. The van der Waals surface area contributed by atoms with Crippen LogP contribution in [0.4, 0.5) is 4.39 Å². The fraction of sp³-hybridized carbons (Fsp3) is 0.759. The topological polar surface area (TPSA) is 88.8 Å². The van der Waals surface area contributed by atoms with Crippen molar-refractivity contribution in [1.29, 1.82) is 5.26 Å². The van der Waals surface area contributed by atoms with Gasteiger partial charge >= 0.3 is 7.82 Å². The second-order valence-corrected chi connectivity index (χ2v) is 11.5. The molecule has 0 aliphatic heterocycles. The number of phosphoric ester groups is 1. The molecular weight excluding hydrogens is 492 g/mol. The van der Waals surface area contributed by atoms with E-state index in [1.165, 1.54) is 95.6 Å². The van der Waals surface area contributed by atoms with E-state index >= 15 is 0 Å². The van der Waals surface area contributed by atoms with Gasteiger partial charge in [-0.2, -0.15) is 5.26 Å². The van der Waals surface area contributed by atoms with Gasteiger partial charge in [-0.25, -0.2) is 8.96 Å². The maximum atomic E-state index is 13.7. The van der Waals surface area contributed by atoms with E-state index in [0.29, 0.717) is 12.0 Å². The quantitative estimate of drug-likeness (QED) is 0.104. The molecule has 2 atom stereocenters. The van der Waals surface area contributed by atoms with E-state index in [9.17, 15) is 13.8 Å². The molecule has 37 heavy (non-hydrogen) atoms. The van der Waals surface area contributed by atoms with Crippen LogP contribution in [0.5, 0.6) is 0 Å². The Hall–Kier alpha value is -1.29. The van der Waals surface area contributed by atoms with Gasteiger partial charge in [0, 0.05) is 7.11 Å². The van der Waals surface area contributed by atoms with Crippen molar-refractivity contribution in [3.8, 4) is 6.07 Å². The van der Waals surface area contributed by atoms with Gasteiger partial charge in [0.05, 0.1) is 31.0 Å². The molecule has 8 heteroatoms. The maximum Gasteiger partial charge on any atom is 0.472 e. The Balaban J connectivity index is 2.19. The molecule has 0 aliphatic rings. The Morgan fingerprint density at radius 2 is 1.41 bits per heavy atom. The van der Waals surface area contributed by atoms with Crippen molar-refractivity contribution in [3.63, 3.8) is 0 Å². The summed E-state index contributed by atoms with van der Waals surface area (Å²) in [5, 5.41) is 9.02. The van der Waals surface area contributed by atoms with Crippen LogP contribution in [0.15, 0.2) is 18.2 Å². The zero-order chi connectivity index (χ0) is 27.2. The zero-order valence-corrected chi connectivity index (χ0v) is 24.0. The van der Waals surface area contributed by atoms with E-state index < -0.39 is 19.7 Å². The highest BCUT2D eigenvalue weighted by Crippen LogP contribution is 2.42. The molecule has 1 rings (SSSR count). The lowest BCUT2D eigenvalue weighted by Crippen LogP contribution is -2.19. The SMILES string of the molecule is CCCCCCCCCCCCCCCCCC[C@@H](COP(=O)(O)OC)OCc1cc(F)cc(C#N)c1. The van der Waals surface area contributed by atoms with Crippen LogP contribution < -0.4 is 0 Å². The number of hydrogen-bond acceptors (Lipinski definition) is 5. The zero-order valence-electron chi connectivity index (χ0n) is 23.1. The number of nitriles is 1. The van der Waals surface area contributed by atoms with Gasteiger partial charge in [-0.05, 0) is 30.2 Å². The van der Waals surface area contributed by atoms with Crippen LogP contribution in [-0.2, 0) is 25.0 Å². The average molecular weight is 542 g/mol. The lowest BCUT2D eigenvalue weighted by Gasteiger charge is -2.19. The Morgan fingerprint density at radius 1 is 0.892 bits per heavy atom. The molecule has 1 aromatic carbocycles. The number of phosphoric acid groups is 1. The predicted octanol–water partition coefficient (Wildman–Crippen LogP) is 9.00. The van der Waals surface area contributed by atoms with E-state index in [-0.39, 0.29) is 18.8 Å². The van der Waals surface area contributed by atoms with Crippen LogP contribution in [0, 0.1) is 17.1 Å². The third-order valence-corrected chi connectivity index (χ3v) is 7.54. The molecule has 1 aromatic rings. The molecule has 0 aromatic heterocycles. The van der Waals surface area contributed by atoms with Crippen LogP contribution in [0.1, 0.15) is 127 Å². The van der Waals surface area contributed by atoms with Gasteiger partial charge in [-0.15, -0.1) is 0 Å². The first-order valence-electron chi connectivity index (χ1n) is 14.2. The lowest BCUT2D eigenvalue weighted by molar-refractivity contribution is -0.00516. The van der Waals surface area contributed by atoms with E-state index in [0.717, 1.165) is 26.4 Å². The minimum atomic E-state index is -4.10. The summed E-state index contributed by atoms with van der Waals surface area (Å²) >= 11 is 0. The highest BCUT2D eigenvalue weighted by Gasteiger charge is 2.22. The van der Waals surface area contributed by atoms with Crippen molar-refractivity contribution in [2.45, 2.75) is 129 Å². The summed E-state index contributed by atoms with van der Waals surface area (Å²) < 4.78 is 40.7. The van der Waals surface area contributed by atoms with Gasteiger partial charge in [0.1, 0.15) is 5.82 Å². The van der Waals surface area contributed by atoms with Crippen LogP contribution in [0.2, 0.25) is 0 Å². The van der Waals surface area contributed by atoms with Crippen LogP contribution in [0.3, 0.4) is 0 Å². The summed E-state index contributed by atoms with van der Waals surface area (Å²) in [7, 11) is -2.99. The first-order chi connectivity index (χ1) is 17.9. The number of unbranched alkanes of at least 4 members (excludes halogenated alkanes) is 15. The molecular formula is C29H49FNO5P. The minimum absolute atomic E-state index is 0.0854. The molecule has 6 nitrogen and oxygen atoms in total. The minimum Gasteiger partial charge on any atom is -0.371 e. The highest BCUT2D eigenvalue weighted by molar-refractivity contribution is 7.47. The first kappa shape index (κ1) is 33.7. The van der Waals surface area contributed by atoms with Gasteiger partial charge in [0.2, 0.25) is 0 Å². The van der Waals surface area contributed by atoms with Gasteiger partial charge in [0.25, 0.3) is 0 Å². The van der Waals surface area contributed by atoms with E-state index in [1.807, 2.05) is 6.07 Å². The second kappa shape index (κ2) is 21.6. The molecule has 0 saturated carbocycles. The Bertz CT molecular complexity index is 801. The van der Waals surface area contributed by atoms with Crippen molar-refractivity contribution >= 4 is 7.82 Å². The maximum absolute atomic E-state index is 13.7.